The van der Waals surface area contributed by atoms with E-state index in [0.29, 0.717) is 12.1 Å². The molecule has 0 aliphatic rings. The Hall–Kier alpha value is -1.31. The van der Waals surface area contributed by atoms with Gasteiger partial charge in [0.2, 0.25) is 0 Å². The van der Waals surface area contributed by atoms with Gasteiger partial charge in [0.15, 0.2) is 0 Å². The van der Waals surface area contributed by atoms with Crippen LogP contribution in [0.2, 0.25) is 0 Å². The van der Waals surface area contributed by atoms with Gasteiger partial charge in [-0.05, 0) is 24.7 Å². The number of benzene rings is 1. The highest BCUT2D eigenvalue weighted by molar-refractivity contribution is 5.39. The zero-order valence-corrected chi connectivity index (χ0v) is 10.4. The third-order valence-corrected chi connectivity index (χ3v) is 2.37. The molecule has 1 unspecified atom stereocenters. The highest BCUT2D eigenvalue weighted by Gasteiger charge is 2.34. The highest BCUT2D eigenvalue weighted by Crippen LogP contribution is 2.36. The number of hydrogen-bond donors (Lipinski definition) is 3. The summed E-state index contributed by atoms with van der Waals surface area (Å²) < 4.78 is 43.5. The van der Waals surface area contributed by atoms with Crippen LogP contribution in [0.3, 0.4) is 0 Å². The van der Waals surface area contributed by atoms with Crippen LogP contribution in [0.4, 0.5) is 13.2 Å². The van der Waals surface area contributed by atoms with Gasteiger partial charge in [-0.3, -0.25) is 0 Å². The highest BCUT2D eigenvalue weighted by atomic mass is 19.4. The number of hydrogen-bond acceptors (Lipinski definition) is 4. The number of aliphatic hydroxyl groups excluding tert-OH is 2. The fourth-order valence-electron chi connectivity index (χ4n) is 1.48. The lowest BCUT2D eigenvalue weighted by Crippen LogP contribution is -2.22. The molecule has 1 aromatic rings. The van der Waals surface area contributed by atoms with E-state index in [4.69, 9.17) is 14.9 Å². The van der Waals surface area contributed by atoms with E-state index in [-0.39, 0.29) is 5.75 Å². The third kappa shape index (κ3) is 4.70. The van der Waals surface area contributed by atoms with Gasteiger partial charge < -0.3 is 20.3 Å². The molecule has 108 valence electrons. The molecule has 0 amide bonds. The van der Waals surface area contributed by atoms with Crippen LogP contribution in [0.25, 0.3) is 0 Å². The molecule has 0 saturated carbocycles. The van der Waals surface area contributed by atoms with Crippen LogP contribution in [-0.4, -0.2) is 36.6 Å². The first-order chi connectivity index (χ1) is 8.88. The van der Waals surface area contributed by atoms with Gasteiger partial charge in [0, 0.05) is 6.54 Å². The van der Waals surface area contributed by atoms with Crippen LogP contribution in [-0.2, 0) is 12.7 Å². The largest absolute Gasteiger partial charge is 0.490 e. The quantitative estimate of drug-likeness (QED) is 0.731. The van der Waals surface area contributed by atoms with Crippen molar-refractivity contribution in [3.8, 4) is 5.75 Å². The van der Waals surface area contributed by atoms with E-state index in [0.717, 1.165) is 6.07 Å². The molecule has 7 heteroatoms. The second-order valence-electron chi connectivity index (χ2n) is 4.01. The Bertz CT molecular complexity index is 410. The van der Waals surface area contributed by atoms with Crippen molar-refractivity contribution >= 4 is 0 Å². The lowest BCUT2D eigenvalue weighted by molar-refractivity contribution is -0.139. The van der Waals surface area contributed by atoms with Gasteiger partial charge in [-0.25, -0.2) is 0 Å². The first-order valence-electron chi connectivity index (χ1n) is 5.65. The Labute approximate surface area is 108 Å². The van der Waals surface area contributed by atoms with Crippen LogP contribution in [0, 0.1) is 0 Å². The molecule has 0 aromatic heterocycles. The first-order valence-corrected chi connectivity index (χ1v) is 5.65. The molecule has 1 rings (SSSR count). The summed E-state index contributed by atoms with van der Waals surface area (Å²) in [4.78, 5) is 0. The Balaban J connectivity index is 2.96. The number of ether oxygens (including phenoxy) is 1. The van der Waals surface area contributed by atoms with Crippen molar-refractivity contribution in [1.82, 2.24) is 5.32 Å². The summed E-state index contributed by atoms with van der Waals surface area (Å²) in [5.41, 5.74) is -0.421. The lowest BCUT2D eigenvalue weighted by Gasteiger charge is -2.16. The normalized spacial score (nSPS) is 13.4. The van der Waals surface area contributed by atoms with Gasteiger partial charge in [0.1, 0.15) is 18.5 Å². The van der Waals surface area contributed by atoms with Crippen LogP contribution >= 0.6 is 0 Å². The fraction of sp³-hybridized carbons (Fsp3) is 0.500. The molecule has 0 aliphatic heterocycles. The minimum atomic E-state index is -4.54. The summed E-state index contributed by atoms with van der Waals surface area (Å²) in [6.45, 7) is -0.660. The van der Waals surface area contributed by atoms with Crippen molar-refractivity contribution in [3.63, 3.8) is 0 Å². The molecule has 19 heavy (non-hydrogen) atoms. The Kier molecular flexibility index (Phi) is 5.59. The molecule has 3 N–H and O–H groups in total. The van der Waals surface area contributed by atoms with Crippen molar-refractivity contribution in [2.24, 2.45) is 0 Å². The molecule has 0 saturated heterocycles. The van der Waals surface area contributed by atoms with Crippen LogP contribution in [0.5, 0.6) is 5.75 Å². The minimum Gasteiger partial charge on any atom is -0.490 e. The van der Waals surface area contributed by atoms with Gasteiger partial charge in [0.25, 0.3) is 0 Å². The van der Waals surface area contributed by atoms with Crippen molar-refractivity contribution < 1.29 is 28.1 Å². The predicted molar refractivity (Wildman–Crippen MR) is 62.8 cm³/mol. The standard InChI is InChI=1S/C12H16F3NO3/c1-16-5-8-2-3-11(19-7-9(18)6-17)10(4-8)12(13,14)15/h2-4,9,16-18H,5-7H2,1H3. The smallest absolute Gasteiger partial charge is 0.419 e. The van der Waals surface area contributed by atoms with Crippen molar-refractivity contribution in [2.75, 3.05) is 20.3 Å². The Morgan fingerprint density at radius 2 is 2.05 bits per heavy atom. The van der Waals surface area contributed by atoms with E-state index in [1.807, 2.05) is 0 Å². The molecular weight excluding hydrogens is 263 g/mol. The van der Waals surface area contributed by atoms with E-state index in [2.05, 4.69) is 5.32 Å². The van der Waals surface area contributed by atoms with Gasteiger partial charge >= 0.3 is 6.18 Å². The maximum Gasteiger partial charge on any atom is 0.419 e. The molecular formula is C12H16F3NO3. The number of nitrogens with one attached hydrogen (secondary N) is 1. The van der Waals surface area contributed by atoms with Crippen LogP contribution in [0.1, 0.15) is 11.1 Å². The zero-order chi connectivity index (χ0) is 14.5. The molecule has 0 radical (unpaired) electrons. The monoisotopic (exact) mass is 279 g/mol. The maximum atomic E-state index is 12.9. The van der Waals surface area contributed by atoms with Gasteiger partial charge in [0.05, 0.1) is 12.2 Å². The summed E-state index contributed by atoms with van der Waals surface area (Å²) in [7, 11) is 1.63. The van der Waals surface area contributed by atoms with E-state index >= 15 is 0 Å². The van der Waals surface area contributed by atoms with Gasteiger partial charge in [-0.2, -0.15) is 13.2 Å². The molecule has 1 atom stereocenters. The van der Waals surface area contributed by atoms with E-state index in [9.17, 15) is 13.2 Å². The topological polar surface area (TPSA) is 61.7 Å². The second-order valence-corrected chi connectivity index (χ2v) is 4.01. The average Bonchev–Trinajstić information content (AvgIpc) is 2.36. The molecule has 0 aliphatic carbocycles. The van der Waals surface area contributed by atoms with Crippen LogP contribution in [0.15, 0.2) is 18.2 Å². The number of alkyl halides is 3. The third-order valence-electron chi connectivity index (χ3n) is 2.37. The summed E-state index contributed by atoms with van der Waals surface area (Å²) >= 11 is 0. The molecule has 0 fully saturated rings. The number of halogens is 3. The summed E-state index contributed by atoms with van der Waals surface area (Å²) in [5.74, 6) is -0.361. The van der Waals surface area contributed by atoms with Crippen molar-refractivity contribution in [3.05, 3.63) is 29.3 Å². The maximum absolute atomic E-state index is 12.9. The summed E-state index contributed by atoms with van der Waals surface area (Å²) in [6.07, 6.45) is -5.75. The minimum absolute atomic E-state index is 0.308. The Morgan fingerprint density at radius 1 is 1.37 bits per heavy atom. The van der Waals surface area contributed by atoms with Gasteiger partial charge in [-0.1, -0.05) is 6.07 Å². The molecule has 0 heterocycles. The van der Waals surface area contributed by atoms with E-state index < -0.39 is 31.1 Å². The molecule has 1 aromatic carbocycles. The average molecular weight is 279 g/mol. The van der Waals surface area contributed by atoms with E-state index in [1.54, 1.807) is 7.05 Å². The SMILES string of the molecule is CNCc1ccc(OCC(O)CO)c(C(F)(F)F)c1. The summed E-state index contributed by atoms with van der Waals surface area (Å²) in [5, 5.41) is 20.4. The first kappa shape index (κ1) is 15.7. The van der Waals surface area contributed by atoms with Gasteiger partial charge in [-0.15, -0.1) is 0 Å². The van der Waals surface area contributed by atoms with Crippen molar-refractivity contribution in [2.45, 2.75) is 18.8 Å². The molecule has 0 bridgehead atoms. The van der Waals surface area contributed by atoms with Crippen molar-refractivity contribution in [1.29, 1.82) is 0 Å². The molecule has 4 nitrogen and oxygen atoms in total. The lowest BCUT2D eigenvalue weighted by atomic mass is 10.1. The summed E-state index contributed by atoms with van der Waals surface area (Å²) in [6, 6.07) is 3.71. The number of aliphatic hydroxyl groups is 2. The second kappa shape index (κ2) is 6.74. The number of rotatable bonds is 6. The predicted octanol–water partition coefficient (Wildman–Crippen LogP) is 1.16. The Morgan fingerprint density at radius 3 is 2.58 bits per heavy atom. The zero-order valence-electron chi connectivity index (χ0n) is 10.4. The fourth-order valence-corrected chi connectivity index (χ4v) is 1.48. The molecule has 0 spiro atoms. The van der Waals surface area contributed by atoms with E-state index in [1.165, 1.54) is 12.1 Å². The van der Waals surface area contributed by atoms with Crippen LogP contribution < -0.4 is 10.1 Å².